The van der Waals surface area contributed by atoms with Gasteiger partial charge in [-0.15, -0.1) is 0 Å². The van der Waals surface area contributed by atoms with E-state index in [0.29, 0.717) is 49.0 Å². The summed E-state index contributed by atoms with van der Waals surface area (Å²) in [5, 5.41) is 32.1. The SMILES string of the molecule is O=C(N[C@@H](CNC(=O)N1CCCC(O)C1)C(=O)O)c1c(Cl)cc2c(c1Cl)CCN(C(=O)c1ccc3cn[nH]c3c1)C2. The summed E-state index contributed by atoms with van der Waals surface area (Å²) in [7, 11) is 0. The van der Waals surface area contributed by atoms with Crippen LogP contribution in [-0.4, -0.2) is 92.3 Å². The molecular weight excluding hydrogens is 575 g/mol. The summed E-state index contributed by atoms with van der Waals surface area (Å²) in [6, 6.07) is 4.87. The molecule has 1 unspecified atom stereocenters. The third kappa shape index (κ3) is 6.09. The van der Waals surface area contributed by atoms with E-state index in [9.17, 15) is 29.4 Å². The van der Waals surface area contributed by atoms with Gasteiger partial charge in [-0.3, -0.25) is 14.7 Å². The molecule has 2 aromatic carbocycles. The molecule has 1 fully saturated rings. The Morgan fingerprint density at radius 2 is 1.95 bits per heavy atom. The number of amides is 4. The van der Waals surface area contributed by atoms with E-state index in [-0.39, 0.29) is 41.2 Å². The number of hydrogen-bond donors (Lipinski definition) is 5. The van der Waals surface area contributed by atoms with Crippen molar-refractivity contribution < 1.29 is 29.4 Å². The molecule has 2 aliphatic rings. The van der Waals surface area contributed by atoms with E-state index in [2.05, 4.69) is 20.8 Å². The van der Waals surface area contributed by atoms with Crippen molar-refractivity contribution in [2.45, 2.75) is 38.0 Å². The highest BCUT2D eigenvalue weighted by atomic mass is 35.5. The van der Waals surface area contributed by atoms with Crippen LogP contribution in [0.15, 0.2) is 30.5 Å². The number of aliphatic carboxylic acids is 1. The minimum absolute atomic E-state index is 0.00917. The van der Waals surface area contributed by atoms with Crippen LogP contribution in [-0.2, 0) is 17.8 Å². The van der Waals surface area contributed by atoms with Crippen molar-refractivity contribution in [2.75, 3.05) is 26.2 Å². The third-order valence-corrected chi connectivity index (χ3v) is 8.07. The Morgan fingerprint density at radius 1 is 1.15 bits per heavy atom. The molecule has 14 heteroatoms. The molecule has 0 bridgehead atoms. The molecule has 216 valence electrons. The Morgan fingerprint density at radius 3 is 2.71 bits per heavy atom. The first-order valence-electron chi connectivity index (χ1n) is 13.1. The summed E-state index contributed by atoms with van der Waals surface area (Å²) in [5.41, 5.74) is 2.51. The topological polar surface area (TPSA) is 168 Å². The monoisotopic (exact) mass is 602 g/mol. The molecule has 0 aliphatic carbocycles. The number of carbonyl (C=O) groups is 4. The quantitative estimate of drug-likeness (QED) is 0.288. The number of fused-ring (bicyclic) bond motifs is 2. The van der Waals surface area contributed by atoms with Gasteiger partial charge >= 0.3 is 12.0 Å². The van der Waals surface area contributed by atoms with Crippen molar-refractivity contribution in [2.24, 2.45) is 0 Å². The summed E-state index contributed by atoms with van der Waals surface area (Å²) >= 11 is 13.1. The summed E-state index contributed by atoms with van der Waals surface area (Å²) in [5.74, 6) is -2.33. The average Bonchev–Trinajstić information content (AvgIpc) is 3.42. The number of aromatic nitrogens is 2. The van der Waals surface area contributed by atoms with Crippen LogP contribution < -0.4 is 10.6 Å². The predicted molar refractivity (Wildman–Crippen MR) is 150 cm³/mol. The Labute approximate surface area is 244 Å². The minimum Gasteiger partial charge on any atom is -0.480 e. The number of H-pyrrole nitrogens is 1. The highest BCUT2D eigenvalue weighted by molar-refractivity contribution is 6.40. The van der Waals surface area contributed by atoms with Crippen molar-refractivity contribution in [1.29, 1.82) is 0 Å². The zero-order chi connectivity index (χ0) is 29.3. The van der Waals surface area contributed by atoms with Crippen molar-refractivity contribution in [3.8, 4) is 0 Å². The molecule has 2 atom stereocenters. The van der Waals surface area contributed by atoms with Crippen LogP contribution in [0.25, 0.3) is 10.9 Å². The number of β-amino-alcohol motifs (C(OH)–C–C–N with tert-alkyl or cyclic N) is 1. The highest BCUT2D eigenvalue weighted by Gasteiger charge is 2.30. The molecule has 4 amide bonds. The normalized spacial score (nSPS) is 17.6. The lowest BCUT2D eigenvalue weighted by atomic mass is 9.96. The predicted octanol–water partition coefficient (Wildman–Crippen LogP) is 2.42. The lowest BCUT2D eigenvalue weighted by Crippen LogP contribution is -2.53. The second-order valence-corrected chi connectivity index (χ2v) is 10.9. The fourth-order valence-corrected chi connectivity index (χ4v) is 5.92. The molecule has 0 saturated carbocycles. The summed E-state index contributed by atoms with van der Waals surface area (Å²) < 4.78 is 0. The van der Waals surface area contributed by atoms with E-state index in [0.717, 1.165) is 10.9 Å². The number of piperidine rings is 1. The van der Waals surface area contributed by atoms with Gasteiger partial charge in [-0.25, -0.2) is 9.59 Å². The molecule has 2 aliphatic heterocycles. The van der Waals surface area contributed by atoms with E-state index >= 15 is 0 Å². The molecule has 5 N–H and O–H groups in total. The maximum atomic E-state index is 13.2. The first-order chi connectivity index (χ1) is 19.6. The van der Waals surface area contributed by atoms with Crippen molar-refractivity contribution in [3.05, 3.63) is 62.8 Å². The van der Waals surface area contributed by atoms with Gasteiger partial charge in [-0.1, -0.05) is 29.3 Å². The Kier molecular flexibility index (Phi) is 8.34. The standard InChI is InChI=1S/C27H28Cl2N6O6/c28-19-8-16-12-34(25(38)14-3-4-15-10-31-33-20(15)9-14)7-5-18(16)23(29)22(19)24(37)32-21(26(39)40)11-30-27(41)35-6-1-2-17(36)13-35/h3-4,8-10,17,21,36H,1-2,5-7,11-13H2,(H,30,41)(H,31,33)(H,32,37)(H,39,40)/t17?,21-/m0/s1. The van der Waals surface area contributed by atoms with E-state index < -0.39 is 30.1 Å². The number of nitrogens with one attached hydrogen (secondary N) is 3. The van der Waals surface area contributed by atoms with Gasteiger partial charge in [0.15, 0.2) is 0 Å². The van der Waals surface area contributed by atoms with Crippen LogP contribution in [0.5, 0.6) is 0 Å². The molecule has 1 saturated heterocycles. The van der Waals surface area contributed by atoms with Crippen LogP contribution >= 0.6 is 23.2 Å². The zero-order valence-electron chi connectivity index (χ0n) is 21.8. The number of aliphatic hydroxyl groups excluding tert-OH is 1. The second kappa shape index (κ2) is 11.9. The number of carboxylic acid groups (broad SMARTS) is 1. The second-order valence-electron chi connectivity index (χ2n) is 10.1. The largest absolute Gasteiger partial charge is 0.480 e. The van der Waals surface area contributed by atoms with Gasteiger partial charge in [0.05, 0.1) is 40.0 Å². The van der Waals surface area contributed by atoms with E-state index in [1.165, 1.54) is 4.90 Å². The lowest BCUT2D eigenvalue weighted by Gasteiger charge is -2.31. The van der Waals surface area contributed by atoms with Gasteiger partial charge in [-0.05, 0) is 48.6 Å². The number of carbonyl (C=O) groups excluding carboxylic acids is 3. The number of likely N-dealkylation sites (tertiary alicyclic amines) is 1. The molecule has 3 heterocycles. The Hall–Kier alpha value is -3.87. The molecule has 3 aromatic rings. The fourth-order valence-electron chi connectivity index (χ4n) is 5.16. The number of aliphatic hydroxyl groups is 1. The first-order valence-corrected chi connectivity index (χ1v) is 13.8. The Bertz CT molecular complexity index is 1530. The number of benzene rings is 2. The smallest absolute Gasteiger partial charge is 0.328 e. The van der Waals surface area contributed by atoms with Crippen molar-refractivity contribution in [3.63, 3.8) is 0 Å². The van der Waals surface area contributed by atoms with Gasteiger partial charge in [0.2, 0.25) is 0 Å². The number of carboxylic acids is 1. The summed E-state index contributed by atoms with van der Waals surface area (Å²) in [4.78, 5) is 53.7. The maximum Gasteiger partial charge on any atom is 0.328 e. The number of halogens is 2. The highest BCUT2D eigenvalue weighted by Crippen LogP contribution is 2.35. The molecule has 12 nitrogen and oxygen atoms in total. The van der Waals surface area contributed by atoms with Crippen LogP contribution in [0.4, 0.5) is 4.79 Å². The van der Waals surface area contributed by atoms with Crippen molar-refractivity contribution >= 4 is 57.9 Å². The van der Waals surface area contributed by atoms with Crippen LogP contribution in [0.3, 0.4) is 0 Å². The van der Waals surface area contributed by atoms with Crippen LogP contribution in [0.1, 0.15) is 44.7 Å². The van der Waals surface area contributed by atoms with E-state index in [1.54, 1.807) is 29.3 Å². The molecule has 41 heavy (non-hydrogen) atoms. The number of rotatable bonds is 6. The van der Waals surface area contributed by atoms with Crippen LogP contribution in [0.2, 0.25) is 10.0 Å². The summed E-state index contributed by atoms with van der Waals surface area (Å²) in [6.07, 6.45) is 2.64. The van der Waals surface area contributed by atoms with Gasteiger partial charge in [0.1, 0.15) is 6.04 Å². The summed E-state index contributed by atoms with van der Waals surface area (Å²) in [6.45, 7) is 0.790. The average molecular weight is 603 g/mol. The molecule has 0 spiro atoms. The maximum absolute atomic E-state index is 13.2. The first kappa shape index (κ1) is 28.7. The van der Waals surface area contributed by atoms with Gasteiger partial charge in [0.25, 0.3) is 11.8 Å². The number of hydrogen-bond acceptors (Lipinski definition) is 6. The van der Waals surface area contributed by atoms with Gasteiger partial charge < -0.3 is 30.6 Å². The number of urea groups is 1. The van der Waals surface area contributed by atoms with Gasteiger partial charge in [0, 0.05) is 37.1 Å². The van der Waals surface area contributed by atoms with Gasteiger partial charge in [-0.2, -0.15) is 5.10 Å². The van der Waals surface area contributed by atoms with Crippen LogP contribution in [0, 0.1) is 0 Å². The molecule has 0 radical (unpaired) electrons. The lowest BCUT2D eigenvalue weighted by molar-refractivity contribution is -0.139. The molecule has 1 aromatic heterocycles. The third-order valence-electron chi connectivity index (χ3n) is 7.35. The molecular formula is C27H28Cl2N6O6. The zero-order valence-corrected chi connectivity index (χ0v) is 23.3. The number of aromatic amines is 1. The minimum atomic E-state index is -1.45. The molecule has 5 rings (SSSR count). The van der Waals surface area contributed by atoms with E-state index in [1.807, 2.05) is 6.07 Å². The number of nitrogens with zero attached hydrogens (tertiary/aromatic N) is 3. The van der Waals surface area contributed by atoms with E-state index in [4.69, 9.17) is 23.2 Å². The fraction of sp³-hybridized carbons (Fsp3) is 0.370. The Balaban J connectivity index is 1.27. The van der Waals surface area contributed by atoms with Crippen molar-refractivity contribution in [1.82, 2.24) is 30.6 Å².